The highest BCUT2D eigenvalue weighted by Crippen LogP contribution is 2.67. The third kappa shape index (κ3) is 1.89. The summed E-state index contributed by atoms with van der Waals surface area (Å²) in [6.07, 6.45) is 2.67. The molecule has 1 heterocycles. The SMILES string of the molecule is CC1(C)C(CNS(=O)(=O)c2cnc[nH]2)C1(C)C. The van der Waals surface area contributed by atoms with E-state index in [0.29, 0.717) is 12.5 Å². The van der Waals surface area contributed by atoms with E-state index in [4.69, 9.17) is 0 Å². The van der Waals surface area contributed by atoms with Gasteiger partial charge in [-0.2, -0.15) is 0 Å². The first-order valence-electron chi connectivity index (χ1n) is 5.67. The van der Waals surface area contributed by atoms with Crippen LogP contribution in [0.25, 0.3) is 0 Å². The summed E-state index contributed by atoms with van der Waals surface area (Å²) in [5.74, 6) is 0.368. The van der Waals surface area contributed by atoms with Crippen molar-refractivity contribution in [3.63, 3.8) is 0 Å². The molecule has 1 aliphatic carbocycles. The monoisotopic (exact) mass is 257 g/mol. The molecule has 1 aromatic heterocycles. The molecule has 0 bridgehead atoms. The molecule has 17 heavy (non-hydrogen) atoms. The first-order chi connectivity index (χ1) is 7.69. The average Bonchev–Trinajstić information content (AvgIpc) is 2.65. The van der Waals surface area contributed by atoms with Crippen molar-refractivity contribution in [1.82, 2.24) is 14.7 Å². The highest BCUT2D eigenvalue weighted by molar-refractivity contribution is 7.89. The molecule has 1 aliphatic rings. The maximum absolute atomic E-state index is 11.9. The predicted octanol–water partition coefficient (Wildman–Crippen LogP) is 1.37. The van der Waals surface area contributed by atoms with Crippen molar-refractivity contribution in [1.29, 1.82) is 0 Å². The fourth-order valence-electron chi connectivity index (χ4n) is 2.50. The molecule has 0 spiro atoms. The van der Waals surface area contributed by atoms with Gasteiger partial charge in [0.2, 0.25) is 0 Å². The van der Waals surface area contributed by atoms with Gasteiger partial charge in [0.1, 0.15) is 0 Å². The third-order valence-electron chi connectivity index (χ3n) is 4.56. The Kier molecular flexibility index (Phi) is 2.63. The Bertz CT molecular complexity index is 489. The quantitative estimate of drug-likeness (QED) is 0.855. The maximum Gasteiger partial charge on any atom is 0.257 e. The fourth-order valence-corrected chi connectivity index (χ4v) is 3.45. The van der Waals surface area contributed by atoms with E-state index in [9.17, 15) is 8.42 Å². The van der Waals surface area contributed by atoms with Gasteiger partial charge in [-0.3, -0.25) is 0 Å². The first kappa shape index (κ1) is 12.6. The summed E-state index contributed by atoms with van der Waals surface area (Å²) < 4.78 is 26.4. The second-order valence-electron chi connectivity index (χ2n) is 5.76. The molecule has 1 aromatic rings. The summed E-state index contributed by atoms with van der Waals surface area (Å²) in [5.41, 5.74) is 0.368. The molecule has 0 aromatic carbocycles. The van der Waals surface area contributed by atoms with Crippen LogP contribution in [0.4, 0.5) is 0 Å². The topological polar surface area (TPSA) is 74.8 Å². The van der Waals surface area contributed by atoms with Crippen LogP contribution in [0.2, 0.25) is 0 Å². The number of sulfonamides is 1. The summed E-state index contributed by atoms with van der Waals surface area (Å²) in [5, 5.41) is 0.119. The van der Waals surface area contributed by atoms with Crippen molar-refractivity contribution in [2.75, 3.05) is 6.54 Å². The van der Waals surface area contributed by atoms with Crippen LogP contribution in [0, 0.1) is 16.7 Å². The minimum absolute atomic E-state index is 0.119. The Balaban J connectivity index is 2.02. The van der Waals surface area contributed by atoms with E-state index in [1.807, 2.05) is 0 Å². The zero-order chi connectivity index (χ0) is 12.9. The van der Waals surface area contributed by atoms with Crippen molar-refractivity contribution in [2.45, 2.75) is 32.7 Å². The van der Waals surface area contributed by atoms with Gasteiger partial charge in [0.15, 0.2) is 5.03 Å². The van der Waals surface area contributed by atoms with Crippen LogP contribution in [0.3, 0.4) is 0 Å². The van der Waals surface area contributed by atoms with E-state index in [1.54, 1.807) is 0 Å². The normalized spacial score (nSPS) is 22.6. The highest BCUT2D eigenvalue weighted by atomic mass is 32.2. The summed E-state index contributed by atoms with van der Waals surface area (Å²) in [6.45, 7) is 9.15. The van der Waals surface area contributed by atoms with E-state index >= 15 is 0 Å². The molecular formula is C11H19N3O2S. The summed E-state index contributed by atoms with van der Waals surface area (Å²) >= 11 is 0. The van der Waals surface area contributed by atoms with Crippen molar-refractivity contribution in [3.8, 4) is 0 Å². The van der Waals surface area contributed by atoms with Gasteiger partial charge >= 0.3 is 0 Å². The average molecular weight is 257 g/mol. The molecule has 2 N–H and O–H groups in total. The minimum atomic E-state index is -3.44. The number of nitrogens with one attached hydrogen (secondary N) is 2. The second-order valence-corrected chi connectivity index (χ2v) is 7.50. The molecule has 1 fully saturated rings. The Labute approximate surface area is 102 Å². The summed E-state index contributed by atoms with van der Waals surface area (Å²) in [7, 11) is -3.44. The highest BCUT2D eigenvalue weighted by Gasteiger charge is 2.64. The molecule has 1 saturated carbocycles. The fraction of sp³-hybridized carbons (Fsp3) is 0.727. The zero-order valence-electron chi connectivity index (χ0n) is 10.6. The van der Waals surface area contributed by atoms with E-state index in [1.165, 1.54) is 12.5 Å². The van der Waals surface area contributed by atoms with Gasteiger partial charge in [0.05, 0.1) is 12.5 Å². The third-order valence-corrected chi connectivity index (χ3v) is 5.91. The maximum atomic E-state index is 11.9. The molecular weight excluding hydrogens is 238 g/mol. The van der Waals surface area contributed by atoms with E-state index in [-0.39, 0.29) is 15.9 Å². The van der Waals surface area contributed by atoms with Gasteiger partial charge in [-0.15, -0.1) is 0 Å². The Morgan fingerprint density at radius 2 is 1.94 bits per heavy atom. The predicted molar refractivity (Wildman–Crippen MR) is 64.8 cm³/mol. The van der Waals surface area contributed by atoms with Crippen molar-refractivity contribution in [2.24, 2.45) is 16.7 Å². The molecule has 96 valence electrons. The number of aromatic nitrogens is 2. The molecule has 5 nitrogen and oxygen atoms in total. The molecule has 6 heteroatoms. The van der Waals surface area contributed by atoms with E-state index in [2.05, 4.69) is 42.4 Å². The van der Waals surface area contributed by atoms with Crippen LogP contribution < -0.4 is 4.72 Å². The molecule has 2 rings (SSSR count). The lowest BCUT2D eigenvalue weighted by Crippen LogP contribution is -2.27. The molecule has 0 amide bonds. The van der Waals surface area contributed by atoms with Crippen LogP contribution in [0.5, 0.6) is 0 Å². The first-order valence-corrected chi connectivity index (χ1v) is 7.16. The number of H-pyrrole nitrogens is 1. The van der Waals surface area contributed by atoms with Gasteiger partial charge in [0.25, 0.3) is 10.0 Å². The molecule has 0 unspecified atom stereocenters. The molecule has 0 aliphatic heterocycles. The number of aromatic amines is 1. The standard InChI is InChI=1S/C11H19N3O2S/c1-10(2)8(11(10,3)4)5-14-17(15,16)9-6-12-7-13-9/h6-8,14H,5H2,1-4H3,(H,12,13). The van der Waals surface area contributed by atoms with Gasteiger partial charge in [-0.05, 0) is 16.7 Å². The summed E-state index contributed by atoms with van der Waals surface area (Å²) in [6, 6.07) is 0. The van der Waals surface area contributed by atoms with Crippen LogP contribution in [0.1, 0.15) is 27.7 Å². The molecule has 0 radical (unpaired) electrons. The smallest absolute Gasteiger partial charge is 0.257 e. The number of imidazole rings is 1. The van der Waals surface area contributed by atoms with Crippen molar-refractivity contribution in [3.05, 3.63) is 12.5 Å². The number of hydrogen-bond acceptors (Lipinski definition) is 3. The summed E-state index contributed by atoms with van der Waals surface area (Å²) in [4.78, 5) is 6.32. The molecule has 0 atom stereocenters. The van der Waals surface area contributed by atoms with Gasteiger partial charge in [0, 0.05) is 6.54 Å². The lowest BCUT2D eigenvalue weighted by atomic mass is 10.0. The zero-order valence-corrected chi connectivity index (χ0v) is 11.4. The van der Waals surface area contributed by atoms with Gasteiger partial charge in [-0.1, -0.05) is 27.7 Å². The van der Waals surface area contributed by atoms with Gasteiger partial charge < -0.3 is 4.98 Å². The number of nitrogens with zero attached hydrogens (tertiary/aromatic N) is 1. The minimum Gasteiger partial charge on any atom is -0.335 e. The van der Waals surface area contributed by atoms with Crippen molar-refractivity contribution >= 4 is 10.0 Å². The number of rotatable bonds is 4. The van der Waals surface area contributed by atoms with E-state index < -0.39 is 10.0 Å². The van der Waals surface area contributed by atoms with Gasteiger partial charge in [-0.25, -0.2) is 18.1 Å². The number of hydrogen-bond donors (Lipinski definition) is 2. The lowest BCUT2D eigenvalue weighted by molar-refractivity contribution is 0.457. The Morgan fingerprint density at radius 1 is 1.35 bits per heavy atom. The van der Waals surface area contributed by atoms with Crippen LogP contribution in [0.15, 0.2) is 17.6 Å². The Hall–Kier alpha value is -0.880. The second kappa shape index (κ2) is 3.55. The largest absolute Gasteiger partial charge is 0.335 e. The lowest BCUT2D eigenvalue weighted by Gasteiger charge is -2.05. The van der Waals surface area contributed by atoms with E-state index in [0.717, 1.165) is 0 Å². The van der Waals surface area contributed by atoms with Crippen molar-refractivity contribution < 1.29 is 8.42 Å². The van der Waals surface area contributed by atoms with Crippen LogP contribution in [-0.4, -0.2) is 24.9 Å². The van der Waals surface area contributed by atoms with Crippen LogP contribution >= 0.6 is 0 Å². The molecule has 0 saturated heterocycles. The van der Waals surface area contributed by atoms with Crippen LogP contribution in [-0.2, 0) is 10.0 Å². The Morgan fingerprint density at radius 3 is 2.35 bits per heavy atom.